The molecule has 0 aliphatic heterocycles. The van der Waals surface area contributed by atoms with Crippen LogP contribution < -0.4 is 20.1 Å². The summed E-state index contributed by atoms with van der Waals surface area (Å²) in [7, 11) is 3.10. The zero-order chi connectivity index (χ0) is 18.4. The minimum atomic E-state index is -0.355. The van der Waals surface area contributed by atoms with Crippen LogP contribution in [0.25, 0.3) is 11.3 Å². The van der Waals surface area contributed by atoms with Crippen LogP contribution in [0.2, 0.25) is 0 Å². The molecule has 0 aliphatic carbocycles. The van der Waals surface area contributed by atoms with Gasteiger partial charge in [0, 0.05) is 17.3 Å². The largest absolute Gasteiger partial charge is 0.495 e. The van der Waals surface area contributed by atoms with Crippen molar-refractivity contribution in [2.24, 2.45) is 0 Å². The maximum atomic E-state index is 12.2. The highest BCUT2D eigenvalue weighted by Crippen LogP contribution is 2.24. The smallest absolute Gasteiger partial charge is 0.323 e. The van der Waals surface area contributed by atoms with Gasteiger partial charge in [0.1, 0.15) is 5.75 Å². The van der Waals surface area contributed by atoms with Gasteiger partial charge in [-0.05, 0) is 30.3 Å². The lowest BCUT2D eigenvalue weighted by atomic mass is 10.1. The van der Waals surface area contributed by atoms with Crippen LogP contribution in [0.3, 0.4) is 0 Å². The molecule has 0 bridgehead atoms. The summed E-state index contributed by atoms with van der Waals surface area (Å²) in [6.45, 7) is 0. The summed E-state index contributed by atoms with van der Waals surface area (Å²) in [4.78, 5) is 12.2. The molecule has 3 rings (SSSR count). The number of aromatic nitrogens is 2. The Labute approximate surface area is 151 Å². The number of hydrogen-bond acceptors (Lipinski definition) is 5. The minimum absolute atomic E-state index is 0.355. The topological polar surface area (TPSA) is 85.4 Å². The fraction of sp³-hybridized carbons (Fsp3) is 0.105. The number of urea groups is 1. The van der Waals surface area contributed by atoms with Crippen molar-refractivity contribution in [3.63, 3.8) is 0 Å². The van der Waals surface area contributed by atoms with Crippen molar-refractivity contribution in [3.05, 3.63) is 60.7 Å². The minimum Gasteiger partial charge on any atom is -0.495 e. The summed E-state index contributed by atoms with van der Waals surface area (Å²) in [5.74, 6) is 1.05. The lowest BCUT2D eigenvalue weighted by Gasteiger charge is -2.11. The standard InChI is InChI=1S/C19H18N4O3/c1-25-17-6-4-3-5-16(17)21-19(24)20-14-9-7-13(8-10-14)15-11-12-18(26-2)23-22-15/h3-12H,1-2H3,(H2,20,21,24). The first kappa shape index (κ1) is 17.2. The maximum Gasteiger partial charge on any atom is 0.323 e. The van der Waals surface area contributed by atoms with Crippen LogP contribution in [0.1, 0.15) is 0 Å². The number of amides is 2. The number of carbonyl (C=O) groups excluding carboxylic acids is 1. The van der Waals surface area contributed by atoms with E-state index in [2.05, 4.69) is 20.8 Å². The molecule has 0 aliphatic rings. The fourth-order valence-corrected chi connectivity index (χ4v) is 2.34. The van der Waals surface area contributed by atoms with Crippen LogP contribution in [0.15, 0.2) is 60.7 Å². The first-order valence-corrected chi connectivity index (χ1v) is 7.89. The zero-order valence-electron chi connectivity index (χ0n) is 14.4. The molecule has 2 aromatic carbocycles. The Balaban J connectivity index is 1.65. The molecular weight excluding hydrogens is 332 g/mol. The molecule has 0 radical (unpaired) electrons. The van der Waals surface area contributed by atoms with Crippen molar-refractivity contribution in [2.45, 2.75) is 0 Å². The molecular formula is C19H18N4O3. The van der Waals surface area contributed by atoms with Gasteiger partial charge >= 0.3 is 6.03 Å². The summed E-state index contributed by atoms with van der Waals surface area (Å²) in [6, 6.07) is 17.7. The molecule has 26 heavy (non-hydrogen) atoms. The van der Waals surface area contributed by atoms with Crippen molar-refractivity contribution in [3.8, 4) is 22.9 Å². The van der Waals surface area contributed by atoms with Crippen LogP contribution in [0.5, 0.6) is 11.6 Å². The number of carbonyl (C=O) groups is 1. The molecule has 7 heteroatoms. The van der Waals surface area contributed by atoms with E-state index in [1.807, 2.05) is 30.3 Å². The number of rotatable bonds is 5. The van der Waals surface area contributed by atoms with Crippen LogP contribution in [-0.2, 0) is 0 Å². The molecule has 0 unspecified atom stereocenters. The van der Waals surface area contributed by atoms with E-state index in [1.54, 1.807) is 44.6 Å². The highest BCUT2D eigenvalue weighted by atomic mass is 16.5. The molecule has 132 valence electrons. The summed E-state index contributed by atoms with van der Waals surface area (Å²) in [5.41, 5.74) is 2.85. The van der Waals surface area contributed by atoms with Gasteiger partial charge in [-0.25, -0.2) is 4.79 Å². The van der Waals surface area contributed by atoms with Crippen LogP contribution >= 0.6 is 0 Å². The van der Waals surface area contributed by atoms with Crippen molar-refractivity contribution in [1.82, 2.24) is 10.2 Å². The molecule has 0 spiro atoms. The fourth-order valence-electron chi connectivity index (χ4n) is 2.34. The molecule has 2 N–H and O–H groups in total. The molecule has 0 atom stereocenters. The van der Waals surface area contributed by atoms with Gasteiger partial charge < -0.3 is 20.1 Å². The molecule has 3 aromatic rings. The predicted octanol–water partition coefficient (Wildman–Crippen LogP) is 3.80. The van der Waals surface area contributed by atoms with Gasteiger partial charge in [0.15, 0.2) is 0 Å². The van der Waals surface area contributed by atoms with E-state index in [4.69, 9.17) is 9.47 Å². The van der Waals surface area contributed by atoms with Gasteiger partial charge in [0.25, 0.3) is 0 Å². The SMILES string of the molecule is COc1ccc(-c2ccc(NC(=O)Nc3ccccc3OC)cc2)nn1. The van der Waals surface area contributed by atoms with Crippen molar-refractivity contribution < 1.29 is 14.3 Å². The quantitative estimate of drug-likeness (QED) is 0.731. The second-order valence-electron chi connectivity index (χ2n) is 5.32. The highest BCUT2D eigenvalue weighted by molar-refractivity contribution is 6.00. The van der Waals surface area contributed by atoms with Gasteiger partial charge in [-0.15, -0.1) is 10.2 Å². The second-order valence-corrected chi connectivity index (χ2v) is 5.32. The van der Waals surface area contributed by atoms with Gasteiger partial charge in [-0.1, -0.05) is 24.3 Å². The third-order valence-electron chi connectivity index (χ3n) is 3.64. The van der Waals surface area contributed by atoms with E-state index < -0.39 is 0 Å². The summed E-state index contributed by atoms with van der Waals surface area (Å²) in [5, 5.41) is 13.6. The predicted molar refractivity (Wildman–Crippen MR) is 99.7 cm³/mol. The van der Waals surface area contributed by atoms with Crippen LogP contribution in [0.4, 0.5) is 16.2 Å². The summed E-state index contributed by atoms with van der Waals surface area (Å²) in [6.07, 6.45) is 0. The Bertz CT molecular complexity index is 880. The molecule has 0 saturated carbocycles. The second kappa shape index (κ2) is 7.98. The van der Waals surface area contributed by atoms with E-state index in [1.165, 1.54) is 0 Å². The number of para-hydroxylation sites is 2. The first-order valence-electron chi connectivity index (χ1n) is 7.89. The monoisotopic (exact) mass is 350 g/mol. The normalized spacial score (nSPS) is 10.1. The van der Waals surface area contributed by atoms with E-state index in [0.717, 1.165) is 11.3 Å². The number of benzene rings is 2. The lowest BCUT2D eigenvalue weighted by molar-refractivity contribution is 0.262. The van der Waals surface area contributed by atoms with Gasteiger partial charge in [0.2, 0.25) is 5.88 Å². The molecule has 1 aromatic heterocycles. The maximum absolute atomic E-state index is 12.2. The highest BCUT2D eigenvalue weighted by Gasteiger charge is 2.07. The van der Waals surface area contributed by atoms with Gasteiger partial charge in [-0.2, -0.15) is 0 Å². The Kier molecular flexibility index (Phi) is 5.28. The number of nitrogens with one attached hydrogen (secondary N) is 2. The van der Waals surface area contributed by atoms with E-state index in [0.29, 0.717) is 23.0 Å². The van der Waals surface area contributed by atoms with E-state index in [-0.39, 0.29) is 6.03 Å². The molecule has 7 nitrogen and oxygen atoms in total. The van der Waals surface area contributed by atoms with Crippen molar-refractivity contribution in [1.29, 1.82) is 0 Å². The molecule has 0 fully saturated rings. The Morgan fingerprint density at radius 1 is 0.846 bits per heavy atom. The Morgan fingerprint density at radius 2 is 1.62 bits per heavy atom. The average molecular weight is 350 g/mol. The number of anilines is 2. The summed E-state index contributed by atoms with van der Waals surface area (Å²) < 4.78 is 10.2. The first-order chi connectivity index (χ1) is 12.7. The van der Waals surface area contributed by atoms with Crippen LogP contribution in [0, 0.1) is 0 Å². The van der Waals surface area contributed by atoms with Gasteiger partial charge in [-0.3, -0.25) is 0 Å². The number of methoxy groups -OCH3 is 2. The number of ether oxygens (including phenoxy) is 2. The third kappa shape index (κ3) is 4.07. The van der Waals surface area contributed by atoms with Crippen molar-refractivity contribution in [2.75, 3.05) is 24.9 Å². The average Bonchev–Trinajstić information content (AvgIpc) is 2.69. The van der Waals surface area contributed by atoms with Gasteiger partial charge in [0.05, 0.1) is 25.6 Å². The third-order valence-corrected chi connectivity index (χ3v) is 3.64. The molecule has 2 amide bonds. The van der Waals surface area contributed by atoms with E-state index >= 15 is 0 Å². The summed E-state index contributed by atoms with van der Waals surface area (Å²) >= 11 is 0. The molecule has 0 saturated heterocycles. The lowest BCUT2D eigenvalue weighted by Crippen LogP contribution is -2.19. The Morgan fingerprint density at radius 3 is 2.27 bits per heavy atom. The number of nitrogens with zero attached hydrogens (tertiary/aromatic N) is 2. The Hall–Kier alpha value is -3.61. The van der Waals surface area contributed by atoms with Crippen LogP contribution in [-0.4, -0.2) is 30.4 Å². The number of hydrogen-bond donors (Lipinski definition) is 2. The molecule has 1 heterocycles. The zero-order valence-corrected chi connectivity index (χ0v) is 14.4. The van der Waals surface area contributed by atoms with Crippen molar-refractivity contribution >= 4 is 17.4 Å². The van der Waals surface area contributed by atoms with E-state index in [9.17, 15) is 4.79 Å².